The minimum Gasteiger partial charge on any atom is -0.486 e. The van der Waals surface area contributed by atoms with Crippen LogP contribution in [0.1, 0.15) is 33.4 Å². The number of aromatic nitrogens is 2. The normalized spacial score (nSPS) is 16.1. The molecule has 0 radical (unpaired) electrons. The number of carbonyl (C=O) groups is 1. The van der Waals surface area contributed by atoms with Gasteiger partial charge < -0.3 is 25.2 Å². The zero-order valence-electron chi connectivity index (χ0n) is 14.4. The molecule has 8 nitrogen and oxygen atoms in total. The summed E-state index contributed by atoms with van der Waals surface area (Å²) in [4.78, 5) is 12.4. The van der Waals surface area contributed by atoms with Gasteiger partial charge in [-0.3, -0.25) is 9.89 Å². The van der Waals surface area contributed by atoms with Gasteiger partial charge in [-0.1, -0.05) is 11.6 Å². The van der Waals surface area contributed by atoms with Crippen molar-refractivity contribution < 1.29 is 19.4 Å². The highest BCUT2D eigenvalue weighted by molar-refractivity contribution is 6.32. The van der Waals surface area contributed by atoms with Crippen LogP contribution in [0.15, 0.2) is 12.1 Å². The molecule has 4 rings (SSSR count). The lowest BCUT2D eigenvalue weighted by Crippen LogP contribution is -2.31. The van der Waals surface area contributed by atoms with E-state index < -0.39 is 6.10 Å². The van der Waals surface area contributed by atoms with E-state index in [-0.39, 0.29) is 24.9 Å². The predicted molar refractivity (Wildman–Crippen MR) is 101 cm³/mol. The molecule has 2 aliphatic rings. The van der Waals surface area contributed by atoms with E-state index >= 15 is 0 Å². The van der Waals surface area contributed by atoms with E-state index in [9.17, 15) is 9.90 Å². The monoisotopic (exact) mass is 414 g/mol. The number of ether oxygens (including phenoxy) is 2. The van der Waals surface area contributed by atoms with Gasteiger partial charge in [-0.15, -0.1) is 12.4 Å². The third-order valence-electron chi connectivity index (χ3n) is 4.48. The Bertz CT molecular complexity index is 843. The number of amides is 1. The van der Waals surface area contributed by atoms with Gasteiger partial charge in [-0.05, 0) is 17.7 Å². The molecular weight excluding hydrogens is 395 g/mol. The number of halogens is 2. The summed E-state index contributed by atoms with van der Waals surface area (Å²) in [5, 5.41) is 23.7. The van der Waals surface area contributed by atoms with Crippen LogP contribution in [0.5, 0.6) is 11.5 Å². The van der Waals surface area contributed by atoms with Gasteiger partial charge in [-0.2, -0.15) is 5.10 Å². The fourth-order valence-electron chi connectivity index (χ4n) is 3.13. The van der Waals surface area contributed by atoms with E-state index in [2.05, 4.69) is 20.8 Å². The number of aromatic amines is 1. The lowest BCUT2D eigenvalue weighted by molar-refractivity contribution is 0.0909. The molecule has 2 aliphatic heterocycles. The number of H-pyrrole nitrogens is 1. The van der Waals surface area contributed by atoms with Crippen LogP contribution in [-0.4, -0.2) is 47.5 Å². The SMILES string of the molecule is Cl.O=C(NCC(O)c1cc(Cl)c2c(c1)OCCO2)c1n[nH]c2c1CNCC2. The van der Waals surface area contributed by atoms with Crippen molar-refractivity contribution in [2.24, 2.45) is 0 Å². The summed E-state index contributed by atoms with van der Waals surface area (Å²) < 4.78 is 11.0. The molecule has 1 amide bonds. The van der Waals surface area contributed by atoms with Gasteiger partial charge in [0.05, 0.1) is 11.1 Å². The highest BCUT2D eigenvalue weighted by atomic mass is 35.5. The maximum Gasteiger partial charge on any atom is 0.272 e. The van der Waals surface area contributed by atoms with E-state index in [0.29, 0.717) is 47.5 Å². The topological polar surface area (TPSA) is 108 Å². The lowest BCUT2D eigenvalue weighted by Gasteiger charge is -2.21. The van der Waals surface area contributed by atoms with Crippen molar-refractivity contribution in [2.45, 2.75) is 19.1 Å². The molecular formula is C17H20Cl2N4O4. The van der Waals surface area contributed by atoms with Gasteiger partial charge in [0.2, 0.25) is 0 Å². The first kappa shape index (κ1) is 19.8. The van der Waals surface area contributed by atoms with Crippen molar-refractivity contribution in [2.75, 3.05) is 26.3 Å². The van der Waals surface area contributed by atoms with Crippen LogP contribution in [0, 0.1) is 0 Å². The first-order valence-corrected chi connectivity index (χ1v) is 8.83. The highest BCUT2D eigenvalue weighted by Gasteiger charge is 2.23. The Morgan fingerprint density at radius 2 is 2.19 bits per heavy atom. The Kier molecular flexibility index (Phi) is 6.11. The fraction of sp³-hybridized carbons (Fsp3) is 0.412. The van der Waals surface area contributed by atoms with Gasteiger partial charge in [-0.25, -0.2) is 0 Å². The van der Waals surface area contributed by atoms with E-state index in [1.165, 1.54) is 0 Å². The number of nitrogens with one attached hydrogen (secondary N) is 3. The molecule has 1 aromatic heterocycles. The number of fused-ring (bicyclic) bond motifs is 2. The number of carbonyl (C=O) groups excluding carboxylic acids is 1. The van der Waals surface area contributed by atoms with Crippen LogP contribution in [0.4, 0.5) is 0 Å². The molecule has 1 aromatic carbocycles. The average molecular weight is 415 g/mol. The van der Waals surface area contributed by atoms with Gasteiger partial charge in [0, 0.05) is 37.3 Å². The molecule has 1 atom stereocenters. The molecule has 0 spiro atoms. The van der Waals surface area contributed by atoms with Gasteiger partial charge >= 0.3 is 0 Å². The summed E-state index contributed by atoms with van der Waals surface area (Å²) in [5.41, 5.74) is 2.77. The van der Waals surface area contributed by atoms with Crippen molar-refractivity contribution in [1.29, 1.82) is 0 Å². The van der Waals surface area contributed by atoms with Crippen molar-refractivity contribution in [1.82, 2.24) is 20.8 Å². The molecule has 0 bridgehead atoms. The smallest absolute Gasteiger partial charge is 0.272 e. The Morgan fingerprint density at radius 3 is 3.04 bits per heavy atom. The Labute approximate surface area is 167 Å². The second-order valence-electron chi connectivity index (χ2n) is 6.21. The molecule has 0 saturated heterocycles. The second kappa shape index (κ2) is 8.35. The summed E-state index contributed by atoms with van der Waals surface area (Å²) in [7, 11) is 0. The van der Waals surface area contributed by atoms with Crippen LogP contribution in [-0.2, 0) is 13.0 Å². The Morgan fingerprint density at radius 1 is 1.37 bits per heavy atom. The van der Waals surface area contributed by atoms with E-state index in [0.717, 1.165) is 24.2 Å². The van der Waals surface area contributed by atoms with Gasteiger partial charge in [0.15, 0.2) is 17.2 Å². The standard InChI is InChI=1S/C17H19ClN4O4.ClH/c18-11-5-9(6-14-16(11)26-4-3-25-14)13(23)8-20-17(24)15-10-7-19-2-1-12(10)21-22-15;/h5-6,13,19,23H,1-4,7-8H2,(H,20,24)(H,21,22);1H. The van der Waals surface area contributed by atoms with Crippen LogP contribution in [0.2, 0.25) is 5.02 Å². The number of nitrogens with zero attached hydrogens (tertiary/aromatic N) is 1. The number of rotatable bonds is 4. The predicted octanol–water partition coefficient (Wildman–Crippen LogP) is 1.37. The van der Waals surface area contributed by atoms with Crippen LogP contribution in [0.3, 0.4) is 0 Å². The number of aliphatic hydroxyl groups is 1. The largest absolute Gasteiger partial charge is 0.486 e. The summed E-state index contributed by atoms with van der Waals surface area (Å²) in [6.45, 7) is 2.37. The fourth-order valence-corrected chi connectivity index (χ4v) is 3.40. The third kappa shape index (κ3) is 3.98. The molecule has 2 aromatic rings. The molecule has 4 N–H and O–H groups in total. The maximum absolute atomic E-state index is 12.4. The van der Waals surface area contributed by atoms with Crippen LogP contribution < -0.4 is 20.1 Å². The van der Waals surface area contributed by atoms with E-state index in [4.69, 9.17) is 21.1 Å². The minimum atomic E-state index is -0.930. The molecule has 27 heavy (non-hydrogen) atoms. The van der Waals surface area contributed by atoms with Gasteiger partial charge in [0.25, 0.3) is 5.91 Å². The summed E-state index contributed by atoms with van der Waals surface area (Å²) in [6.07, 6.45) is -0.117. The van der Waals surface area contributed by atoms with Crippen molar-refractivity contribution in [3.05, 3.63) is 39.7 Å². The summed E-state index contributed by atoms with van der Waals surface area (Å²) >= 11 is 6.19. The van der Waals surface area contributed by atoms with Crippen molar-refractivity contribution >= 4 is 29.9 Å². The molecule has 10 heteroatoms. The molecule has 0 saturated carbocycles. The van der Waals surface area contributed by atoms with Crippen LogP contribution in [0.25, 0.3) is 0 Å². The zero-order valence-corrected chi connectivity index (χ0v) is 16.0. The summed E-state index contributed by atoms with van der Waals surface area (Å²) in [6, 6.07) is 3.30. The quantitative estimate of drug-likeness (QED) is 0.601. The first-order valence-electron chi connectivity index (χ1n) is 8.45. The number of benzene rings is 1. The summed E-state index contributed by atoms with van der Waals surface area (Å²) in [5.74, 6) is 0.652. The molecule has 0 fully saturated rings. The van der Waals surface area contributed by atoms with Crippen molar-refractivity contribution in [3.63, 3.8) is 0 Å². The first-order chi connectivity index (χ1) is 12.6. The molecule has 3 heterocycles. The number of aliphatic hydroxyl groups excluding tert-OH is 1. The van der Waals surface area contributed by atoms with Gasteiger partial charge in [0.1, 0.15) is 13.2 Å². The Hall–Kier alpha value is -2.00. The molecule has 1 unspecified atom stereocenters. The average Bonchev–Trinajstić information content (AvgIpc) is 3.10. The van der Waals surface area contributed by atoms with Crippen LogP contribution >= 0.6 is 24.0 Å². The lowest BCUT2D eigenvalue weighted by atomic mass is 10.1. The third-order valence-corrected chi connectivity index (χ3v) is 4.76. The second-order valence-corrected chi connectivity index (χ2v) is 6.62. The molecule has 0 aliphatic carbocycles. The van der Waals surface area contributed by atoms with Crippen molar-refractivity contribution in [3.8, 4) is 11.5 Å². The highest BCUT2D eigenvalue weighted by Crippen LogP contribution is 2.39. The molecule has 146 valence electrons. The Balaban J connectivity index is 0.00000210. The number of hydrogen-bond donors (Lipinski definition) is 4. The maximum atomic E-state index is 12.4. The minimum absolute atomic E-state index is 0. The van der Waals surface area contributed by atoms with E-state index in [1.54, 1.807) is 12.1 Å². The van der Waals surface area contributed by atoms with E-state index in [1.807, 2.05) is 0 Å². The number of hydrogen-bond acceptors (Lipinski definition) is 6. The zero-order chi connectivity index (χ0) is 18.1.